The summed E-state index contributed by atoms with van der Waals surface area (Å²) < 4.78 is 6.17. The molecule has 0 saturated heterocycles. The number of thiazole rings is 1. The molecule has 160 valence electrons. The summed E-state index contributed by atoms with van der Waals surface area (Å²) in [6.07, 6.45) is 1.77. The van der Waals surface area contributed by atoms with Crippen LogP contribution in [0.5, 0.6) is 0 Å². The first-order chi connectivity index (χ1) is 14.2. The third-order valence-electron chi connectivity index (χ3n) is 3.64. The zero-order valence-corrected chi connectivity index (χ0v) is 20.6. The molecule has 1 heterocycles. The second-order valence-electron chi connectivity index (χ2n) is 7.58. The van der Waals surface area contributed by atoms with Gasteiger partial charge in [0.2, 0.25) is 0 Å². The molecule has 3 rings (SSSR count). The van der Waals surface area contributed by atoms with Gasteiger partial charge in [-0.2, -0.15) is 0 Å². The lowest BCUT2D eigenvalue weighted by Crippen LogP contribution is -2.14. The van der Waals surface area contributed by atoms with E-state index in [0.717, 1.165) is 22.4 Å². The van der Waals surface area contributed by atoms with Gasteiger partial charge in [-0.15, -0.1) is 11.3 Å². The maximum atomic E-state index is 12.5. The number of benzene rings is 2. The van der Waals surface area contributed by atoms with Crippen molar-refractivity contribution in [3.05, 3.63) is 75.2 Å². The molecule has 0 bridgehead atoms. The van der Waals surface area contributed by atoms with Crippen LogP contribution >= 0.6 is 46.3 Å². The van der Waals surface area contributed by atoms with E-state index in [2.05, 4.69) is 25.8 Å². The Morgan fingerprint density at radius 3 is 2.37 bits per heavy atom. The van der Waals surface area contributed by atoms with Crippen molar-refractivity contribution in [2.45, 2.75) is 36.9 Å². The minimum atomic E-state index is -0.140. The Kier molecular flexibility index (Phi) is 9.85. The topological polar surface area (TPSA) is 39.2 Å². The average Bonchev–Trinajstić information content (AvgIpc) is 3.21. The van der Waals surface area contributed by atoms with Gasteiger partial charge in [0.1, 0.15) is 0 Å². The molecule has 1 aromatic heterocycles. The van der Waals surface area contributed by atoms with Gasteiger partial charge in [0.25, 0.3) is 0 Å². The standard InChI is InChI=1S/C16H9Cl2NOS2.C7H16O/c17-11-3-6-14(18)13(9-11)15(20)10-1-4-12(5-2-10)22-16-19-7-8-21-16;1-5-8-6-7(2,3)4/h1-9H;5-6H2,1-4H3. The molecule has 0 radical (unpaired) electrons. The predicted molar refractivity (Wildman–Crippen MR) is 129 cm³/mol. The smallest absolute Gasteiger partial charge is 0.194 e. The van der Waals surface area contributed by atoms with Crippen molar-refractivity contribution in [2.24, 2.45) is 5.41 Å². The summed E-state index contributed by atoms with van der Waals surface area (Å²) >= 11 is 15.2. The molecule has 3 aromatic rings. The maximum absolute atomic E-state index is 12.5. The monoisotopic (exact) mass is 481 g/mol. The van der Waals surface area contributed by atoms with Crippen LogP contribution in [0.3, 0.4) is 0 Å². The molecule has 0 unspecified atom stereocenters. The molecular formula is C23H25Cl2NO2S2. The molecule has 0 atom stereocenters. The third kappa shape index (κ3) is 8.40. The van der Waals surface area contributed by atoms with Gasteiger partial charge in [-0.3, -0.25) is 4.79 Å². The highest BCUT2D eigenvalue weighted by molar-refractivity contribution is 8.01. The zero-order valence-electron chi connectivity index (χ0n) is 17.4. The van der Waals surface area contributed by atoms with Gasteiger partial charge in [-0.25, -0.2) is 4.98 Å². The minimum Gasteiger partial charge on any atom is -0.381 e. The predicted octanol–water partition coefficient (Wildman–Crippen LogP) is 7.90. The highest BCUT2D eigenvalue weighted by Gasteiger charge is 2.13. The first kappa shape index (κ1) is 24.9. The van der Waals surface area contributed by atoms with Crippen LogP contribution < -0.4 is 0 Å². The molecule has 0 saturated carbocycles. The number of ketones is 1. The summed E-state index contributed by atoms with van der Waals surface area (Å²) in [5, 5.41) is 2.82. The van der Waals surface area contributed by atoms with E-state index in [-0.39, 0.29) is 5.78 Å². The second kappa shape index (κ2) is 11.9. The summed E-state index contributed by atoms with van der Waals surface area (Å²) in [7, 11) is 0. The van der Waals surface area contributed by atoms with Crippen molar-refractivity contribution in [1.29, 1.82) is 0 Å². The lowest BCUT2D eigenvalue weighted by molar-refractivity contribution is 0.0805. The number of hydrogen-bond donors (Lipinski definition) is 0. The van der Waals surface area contributed by atoms with Crippen LogP contribution in [0.1, 0.15) is 43.6 Å². The van der Waals surface area contributed by atoms with Crippen LogP contribution in [0, 0.1) is 5.41 Å². The van der Waals surface area contributed by atoms with E-state index in [0.29, 0.717) is 26.6 Å². The highest BCUT2D eigenvalue weighted by Crippen LogP contribution is 2.30. The van der Waals surface area contributed by atoms with E-state index in [4.69, 9.17) is 27.9 Å². The van der Waals surface area contributed by atoms with Gasteiger partial charge in [0.05, 0.1) is 11.6 Å². The minimum absolute atomic E-state index is 0.140. The number of halogens is 2. The third-order valence-corrected chi connectivity index (χ3v) is 6.10. The zero-order chi connectivity index (χ0) is 22.1. The van der Waals surface area contributed by atoms with E-state index in [1.165, 1.54) is 0 Å². The summed E-state index contributed by atoms with van der Waals surface area (Å²) in [5.41, 5.74) is 1.32. The van der Waals surface area contributed by atoms with Gasteiger partial charge in [0.15, 0.2) is 10.1 Å². The van der Waals surface area contributed by atoms with E-state index >= 15 is 0 Å². The first-order valence-corrected chi connectivity index (χ1v) is 11.9. The molecule has 0 N–H and O–H groups in total. The summed E-state index contributed by atoms with van der Waals surface area (Å²) in [6.45, 7) is 10.2. The normalized spacial score (nSPS) is 11.0. The van der Waals surface area contributed by atoms with Gasteiger partial charge in [-0.05, 0) is 54.8 Å². The summed E-state index contributed by atoms with van der Waals surface area (Å²) in [5.74, 6) is -0.140. The van der Waals surface area contributed by atoms with E-state index in [9.17, 15) is 4.79 Å². The van der Waals surface area contributed by atoms with Gasteiger partial charge in [-0.1, -0.05) is 55.7 Å². The Balaban J connectivity index is 0.000000343. The lowest BCUT2D eigenvalue weighted by Gasteiger charge is -2.16. The quantitative estimate of drug-likeness (QED) is 0.335. The highest BCUT2D eigenvalue weighted by atomic mass is 35.5. The summed E-state index contributed by atoms with van der Waals surface area (Å²) in [4.78, 5) is 17.7. The van der Waals surface area contributed by atoms with Crippen LogP contribution in [0.25, 0.3) is 0 Å². The fraction of sp³-hybridized carbons (Fsp3) is 0.304. The SMILES string of the molecule is CCOCC(C)(C)C.O=C(c1ccc(Sc2nccs2)cc1)c1cc(Cl)ccc1Cl. The number of rotatable bonds is 6. The van der Waals surface area contributed by atoms with Gasteiger partial charge >= 0.3 is 0 Å². The van der Waals surface area contributed by atoms with E-state index in [1.54, 1.807) is 59.6 Å². The fourth-order valence-corrected chi connectivity index (χ4v) is 4.24. The fourth-order valence-electron chi connectivity index (χ4n) is 2.27. The van der Waals surface area contributed by atoms with Crippen molar-refractivity contribution in [1.82, 2.24) is 4.98 Å². The van der Waals surface area contributed by atoms with Crippen molar-refractivity contribution in [2.75, 3.05) is 13.2 Å². The Morgan fingerprint density at radius 2 is 1.83 bits per heavy atom. The number of ether oxygens (including phenoxy) is 1. The van der Waals surface area contributed by atoms with Gasteiger partial charge in [0, 0.05) is 39.2 Å². The van der Waals surface area contributed by atoms with Crippen LogP contribution in [-0.4, -0.2) is 24.0 Å². The largest absolute Gasteiger partial charge is 0.381 e. The molecule has 0 amide bonds. The van der Waals surface area contributed by atoms with Crippen molar-refractivity contribution < 1.29 is 9.53 Å². The molecule has 3 nitrogen and oxygen atoms in total. The Labute approximate surface area is 196 Å². The molecule has 0 aliphatic rings. The number of carbonyl (C=O) groups is 1. The van der Waals surface area contributed by atoms with E-state index < -0.39 is 0 Å². The molecule has 2 aromatic carbocycles. The molecule has 0 spiro atoms. The van der Waals surface area contributed by atoms with Crippen molar-refractivity contribution in [3.8, 4) is 0 Å². The van der Waals surface area contributed by atoms with Crippen molar-refractivity contribution in [3.63, 3.8) is 0 Å². The van der Waals surface area contributed by atoms with Crippen LogP contribution in [-0.2, 0) is 4.74 Å². The van der Waals surface area contributed by atoms with E-state index in [1.807, 2.05) is 24.4 Å². The summed E-state index contributed by atoms with van der Waals surface area (Å²) in [6, 6.07) is 12.3. The molecular weight excluding hydrogens is 457 g/mol. The van der Waals surface area contributed by atoms with Crippen LogP contribution in [0.4, 0.5) is 0 Å². The van der Waals surface area contributed by atoms with Gasteiger partial charge < -0.3 is 4.74 Å². The molecule has 0 fully saturated rings. The Hall–Kier alpha value is -1.37. The molecule has 7 heteroatoms. The molecule has 0 aliphatic heterocycles. The average molecular weight is 482 g/mol. The Bertz CT molecular complexity index is 937. The lowest BCUT2D eigenvalue weighted by atomic mass is 9.99. The first-order valence-electron chi connectivity index (χ1n) is 9.44. The number of carbonyl (C=O) groups excluding carboxylic acids is 1. The number of hydrogen-bond acceptors (Lipinski definition) is 5. The van der Waals surface area contributed by atoms with Crippen LogP contribution in [0.2, 0.25) is 10.0 Å². The molecule has 0 aliphatic carbocycles. The van der Waals surface area contributed by atoms with Crippen LogP contribution in [0.15, 0.2) is 63.3 Å². The second-order valence-corrected chi connectivity index (χ2v) is 10.6. The maximum Gasteiger partial charge on any atom is 0.194 e. The number of aromatic nitrogens is 1. The Morgan fingerprint density at radius 1 is 1.13 bits per heavy atom. The number of nitrogens with zero attached hydrogens (tertiary/aromatic N) is 1. The van der Waals surface area contributed by atoms with Crippen molar-refractivity contribution >= 4 is 52.1 Å². The molecule has 30 heavy (non-hydrogen) atoms.